The fraction of sp³-hybridized carbons (Fsp3) is 0.500. The van der Waals surface area contributed by atoms with Crippen molar-refractivity contribution >= 4 is 16.6 Å². The van der Waals surface area contributed by atoms with E-state index in [1.165, 1.54) is 58.2 Å². The van der Waals surface area contributed by atoms with Crippen molar-refractivity contribution in [1.82, 2.24) is 4.98 Å². The molecule has 1 heterocycles. The van der Waals surface area contributed by atoms with Gasteiger partial charge in [-0.3, -0.25) is 4.98 Å². The van der Waals surface area contributed by atoms with Crippen molar-refractivity contribution in [2.24, 2.45) is 0 Å². The maximum Gasteiger partial charge on any atom is 0.0758 e. The molecular weight excluding hydrogens is 244 g/mol. The minimum Gasteiger partial charge on any atom is -0.384 e. The zero-order valence-corrected chi connectivity index (χ0v) is 12.8. The van der Waals surface area contributed by atoms with Crippen LogP contribution in [-0.2, 0) is 12.8 Å². The third kappa shape index (κ3) is 2.17. The van der Waals surface area contributed by atoms with Crippen LogP contribution in [0.1, 0.15) is 48.6 Å². The van der Waals surface area contributed by atoms with E-state index in [0.29, 0.717) is 0 Å². The van der Waals surface area contributed by atoms with Crippen LogP contribution in [0.25, 0.3) is 10.9 Å². The van der Waals surface area contributed by atoms with Crippen LogP contribution >= 0.6 is 0 Å². The molecule has 0 bridgehead atoms. The molecule has 0 fully saturated rings. The summed E-state index contributed by atoms with van der Waals surface area (Å²) in [5.74, 6) is 0. The van der Waals surface area contributed by atoms with Crippen molar-refractivity contribution in [3.05, 3.63) is 34.5 Å². The predicted molar refractivity (Wildman–Crippen MR) is 86.6 cm³/mol. The van der Waals surface area contributed by atoms with Gasteiger partial charge < -0.3 is 5.32 Å². The number of nitrogens with zero attached hydrogens (tertiary/aromatic N) is 1. The normalized spacial score (nSPS) is 14.3. The highest BCUT2D eigenvalue weighted by Crippen LogP contribution is 2.36. The smallest absolute Gasteiger partial charge is 0.0758 e. The number of benzene rings is 1. The highest BCUT2D eigenvalue weighted by molar-refractivity contribution is 5.97. The Morgan fingerprint density at radius 3 is 2.65 bits per heavy atom. The van der Waals surface area contributed by atoms with Crippen LogP contribution in [0, 0.1) is 13.8 Å². The van der Waals surface area contributed by atoms with Crippen molar-refractivity contribution in [3.8, 4) is 0 Å². The molecule has 0 aliphatic heterocycles. The number of nitrogens with one attached hydrogen (secondary N) is 1. The van der Waals surface area contributed by atoms with E-state index in [-0.39, 0.29) is 0 Å². The topological polar surface area (TPSA) is 24.9 Å². The van der Waals surface area contributed by atoms with Crippen molar-refractivity contribution in [2.75, 3.05) is 11.9 Å². The molecule has 0 unspecified atom stereocenters. The van der Waals surface area contributed by atoms with E-state index in [0.717, 1.165) is 19.4 Å². The first kappa shape index (κ1) is 13.4. The number of rotatable bonds is 3. The number of aromatic nitrogens is 1. The van der Waals surface area contributed by atoms with Gasteiger partial charge in [0, 0.05) is 23.3 Å². The van der Waals surface area contributed by atoms with Gasteiger partial charge in [0.2, 0.25) is 0 Å². The molecule has 0 amide bonds. The van der Waals surface area contributed by atoms with Crippen molar-refractivity contribution < 1.29 is 0 Å². The van der Waals surface area contributed by atoms with E-state index < -0.39 is 0 Å². The Morgan fingerprint density at radius 1 is 1.10 bits per heavy atom. The summed E-state index contributed by atoms with van der Waals surface area (Å²) in [6.07, 6.45) is 6.05. The Balaban J connectivity index is 2.30. The second-order valence-corrected chi connectivity index (χ2v) is 5.97. The maximum absolute atomic E-state index is 5.00. The van der Waals surface area contributed by atoms with Crippen LogP contribution in [0.5, 0.6) is 0 Å². The molecule has 1 aromatic heterocycles. The molecule has 0 saturated carbocycles. The third-order valence-corrected chi connectivity index (χ3v) is 4.38. The summed E-state index contributed by atoms with van der Waals surface area (Å²) < 4.78 is 0. The van der Waals surface area contributed by atoms with Gasteiger partial charge in [-0.1, -0.05) is 19.1 Å². The standard InChI is InChI=1S/C18H24N2/c1-4-11-19-18-14-7-5-6-8-15(14)20-17-13(3)10-9-12(2)16(17)18/h9-10H,4-8,11H2,1-3H3,(H,19,20). The number of fused-ring (bicyclic) bond motifs is 2. The molecule has 0 atom stereocenters. The largest absolute Gasteiger partial charge is 0.384 e. The van der Waals surface area contributed by atoms with Gasteiger partial charge in [0.1, 0.15) is 0 Å². The van der Waals surface area contributed by atoms with Crippen LogP contribution in [0.4, 0.5) is 5.69 Å². The summed E-state index contributed by atoms with van der Waals surface area (Å²) in [4.78, 5) is 5.00. The molecule has 20 heavy (non-hydrogen) atoms. The van der Waals surface area contributed by atoms with Gasteiger partial charge in [-0.2, -0.15) is 0 Å². The Morgan fingerprint density at radius 2 is 1.85 bits per heavy atom. The Labute approximate surface area is 121 Å². The second kappa shape index (κ2) is 5.43. The van der Waals surface area contributed by atoms with Gasteiger partial charge in [0.05, 0.1) is 5.52 Å². The second-order valence-electron chi connectivity index (χ2n) is 5.97. The fourth-order valence-electron chi connectivity index (χ4n) is 3.27. The van der Waals surface area contributed by atoms with Gasteiger partial charge in [-0.05, 0) is 62.6 Å². The summed E-state index contributed by atoms with van der Waals surface area (Å²) in [7, 11) is 0. The summed E-state index contributed by atoms with van der Waals surface area (Å²) in [6.45, 7) is 7.64. The van der Waals surface area contributed by atoms with E-state index in [1.807, 2.05) is 0 Å². The first-order valence-corrected chi connectivity index (χ1v) is 7.88. The molecule has 2 aromatic rings. The molecule has 2 nitrogen and oxygen atoms in total. The number of anilines is 1. The zero-order valence-electron chi connectivity index (χ0n) is 12.8. The number of hydrogen-bond donors (Lipinski definition) is 1. The number of pyridine rings is 1. The van der Waals surface area contributed by atoms with E-state index >= 15 is 0 Å². The molecule has 2 heteroatoms. The maximum atomic E-state index is 5.00. The minimum atomic E-state index is 1.04. The molecule has 1 aromatic carbocycles. The van der Waals surface area contributed by atoms with E-state index in [2.05, 4.69) is 38.2 Å². The lowest BCUT2D eigenvalue weighted by Gasteiger charge is -2.23. The van der Waals surface area contributed by atoms with Crippen molar-refractivity contribution in [1.29, 1.82) is 0 Å². The third-order valence-electron chi connectivity index (χ3n) is 4.38. The summed E-state index contributed by atoms with van der Waals surface area (Å²) in [6, 6.07) is 4.43. The van der Waals surface area contributed by atoms with Crippen LogP contribution in [0.3, 0.4) is 0 Å². The van der Waals surface area contributed by atoms with Crippen molar-refractivity contribution in [3.63, 3.8) is 0 Å². The molecule has 1 aliphatic carbocycles. The average molecular weight is 268 g/mol. The Kier molecular flexibility index (Phi) is 3.64. The average Bonchev–Trinajstić information content (AvgIpc) is 2.48. The molecular formula is C18H24N2. The summed E-state index contributed by atoms with van der Waals surface area (Å²) in [5.41, 5.74) is 8.00. The van der Waals surface area contributed by atoms with Crippen LogP contribution in [-0.4, -0.2) is 11.5 Å². The van der Waals surface area contributed by atoms with E-state index in [1.54, 1.807) is 0 Å². The molecule has 0 saturated heterocycles. The van der Waals surface area contributed by atoms with Crippen LogP contribution in [0.2, 0.25) is 0 Å². The number of aryl methyl sites for hydroxylation is 3. The SMILES string of the molecule is CCCNc1c2c(nc3c(C)ccc(C)c13)CCCC2. The Hall–Kier alpha value is -1.57. The van der Waals surface area contributed by atoms with Gasteiger partial charge in [-0.25, -0.2) is 0 Å². The summed E-state index contributed by atoms with van der Waals surface area (Å²) in [5, 5.41) is 5.04. The zero-order chi connectivity index (χ0) is 14.1. The molecule has 3 rings (SSSR count). The lowest BCUT2D eigenvalue weighted by atomic mass is 9.91. The predicted octanol–water partition coefficient (Wildman–Crippen LogP) is 4.55. The van der Waals surface area contributed by atoms with Gasteiger partial charge in [0.15, 0.2) is 0 Å². The first-order chi connectivity index (χ1) is 9.72. The fourth-order valence-corrected chi connectivity index (χ4v) is 3.27. The highest BCUT2D eigenvalue weighted by Gasteiger charge is 2.19. The molecule has 0 radical (unpaired) electrons. The van der Waals surface area contributed by atoms with Crippen LogP contribution in [0.15, 0.2) is 12.1 Å². The minimum absolute atomic E-state index is 1.04. The molecule has 106 valence electrons. The lowest BCUT2D eigenvalue weighted by molar-refractivity contribution is 0.671. The molecule has 0 spiro atoms. The monoisotopic (exact) mass is 268 g/mol. The number of hydrogen-bond acceptors (Lipinski definition) is 2. The van der Waals surface area contributed by atoms with Crippen LogP contribution < -0.4 is 5.32 Å². The van der Waals surface area contributed by atoms with Crippen molar-refractivity contribution in [2.45, 2.75) is 52.9 Å². The quantitative estimate of drug-likeness (QED) is 0.883. The van der Waals surface area contributed by atoms with E-state index in [9.17, 15) is 0 Å². The summed E-state index contributed by atoms with van der Waals surface area (Å²) >= 11 is 0. The lowest BCUT2D eigenvalue weighted by Crippen LogP contribution is -2.12. The highest BCUT2D eigenvalue weighted by atomic mass is 14.9. The van der Waals surface area contributed by atoms with Gasteiger partial charge in [-0.15, -0.1) is 0 Å². The van der Waals surface area contributed by atoms with E-state index in [4.69, 9.17) is 4.98 Å². The van der Waals surface area contributed by atoms with Gasteiger partial charge >= 0.3 is 0 Å². The molecule has 1 N–H and O–H groups in total. The Bertz CT molecular complexity index is 644. The molecule has 1 aliphatic rings. The first-order valence-electron chi connectivity index (χ1n) is 7.88. The van der Waals surface area contributed by atoms with Gasteiger partial charge in [0.25, 0.3) is 0 Å².